The van der Waals surface area contributed by atoms with E-state index in [4.69, 9.17) is 4.52 Å². The van der Waals surface area contributed by atoms with Crippen molar-refractivity contribution in [1.82, 2.24) is 15.5 Å². The van der Waals surface area contributed by atoms with Crippen LogP contribution in [0.15, 0.2) is 46.3 Å². The summed E-state index contributed by atoms with van der Waals surface area (Å²) in [6.45, 7) is 0.228. The number of nitrogens with zero attached hydrogens (tertiary/aromatic N) is 2. The van der Waals surface area contributed by atoms with Gasteiger partial charge in [0.1, 0.15) is 0 Å². The summed E-state index contributed by atoms with van der Waals surface area (Å²) in [7, 11) is 0. The molecule has 1 aromatic carbocycles. The number of benzene rings is 1. The monoisotopic (exact) mass is 367 g/mol. The molecule has 0 aliphatic rings. The van der Waals surface area contributed by atoms with Crippen LogP contribution in [0.2, 0.25) is 0 Å². The van der Waals surface area contributed by atoms with E-state index in [0.29, 0.717) is 18.1 Å². The summed E-state index contributed by atoms with van der Waals surface area (Å²) in [5.41, 5.74) is -0.645. The lowest BCUT2D eigenvalue weighted by atomic mass is 10.1. The molecule has 0 fully saturated rings. The van der Waals surface area contributed by atoms with Crippen molar-refractivity contribution in [2.24, 2.45) is 0 Å². The lowest BCUT2D eigenvalue weighted by molar-refractivity contribution is -0.137. The van der Waals surface area contributed by atoms with E-state index in [0.717, 1.165) is 29.1 Å². The van der Waals surface area contributed by atoms with Crippen molar-refractivity contribution in [2.45, 2.75) is 12.6 Å². The molecule has 0 saturated heterocycles. The smallest absolute Gasteiger partial charge is 0.352 e. The van der Waals surface area contributed by atoms with Crippen molar-refractivity contribution in [3.05, 3.63) is 58.8 Å². The minimum absolute atomic E-state index is 0.151. The van der Waals surface area contributed by atoms with E-state index in [2.05, 4.69) is 15.5 Å². The summed E-state index contributed by atoms with van der Waals surface area (Å²) in [6.07, 6.45) is -4.10. The van der Waals surface area contributed by atoms with E-state index in [1.54, 1.807) is 0 Å². The molecule has 0 unspecified atom stereocenters. The highest BCUT2D eigenvalue weighted by atomic mass is 32.1. The third-order valence-corrected chi connectivity index (χ3v) is 4.17. The highest BCUT2D eigenvalue weighted by molar-refractivity contribution is 7.13. The molecule has 0 bridgehead atoms. The highest BCUT2D eigenvalue weighted by Gasteiger charge is 2.30. The minimum atomic E-state index is -4.42. The van der Waals surface area contributed by atoms with Gasteiger partial charge in [-0.15, -0.1) is 11.3 Å². The first-order chi connectivity index (χ1) is 11.9. The Morgan fingerprint density at radius 2 is 1.96 bits per heavy atom. The molecule has 2 aromatic heterocycles. The summed E-state index contributed by atoms with van der Waals surface area (Å²) in [4.78, 5) is 17.0. The van der Waals surface area contributed by atoms with E-state index in [1.807, 2.05) is 17.5 Å². The molecule has 9 heteroatoms. The number of rotatable bonds is 5. The van der Waals surface area contributed by atoms with Crippen molar-refractivity contribution < 1.29 is 22.5 Å². The molecule has 5 nitrogen and oxygen atoms in total. The van der Waals surface area contributed by atoms with E-state index < -0.39 is 17.6 Å². The zero-order chi connectivity index (χ0) is 17.9. The van der Waals surface area contributed by atoms with Gasteiger partial charge in [0.15, 0.2) is 0 Å². The van der Waals surface area contributed by atoms with Crippen LogP contribution in [0.25, 0.3) is 10.7 Å². The van der Waals surface area contributed by atoms with E-state index >= 15 is 0 Å². The Labute approximate surface area is 144 Å². The first kappa shape index (κ1) is 17.2. The van der Waals surface area contributed by atoms with Crippen molar-refractivity contribution >= 4 is 17.2 Å². The Morgan fingerprint density at radius 1 is 1.20 bits per heavy atom. The molecular formula is C16H12F3N3O2S. The van der Waals surface area contributed by atoms with Crippen LogP contribution in [-0.4, -0.2) is 22.6 Å². The van der Waals surface area contributed by atoms with Crippen molar-refractivity contribution in [2.75, 3.05) is 6.54 Å². The fourth-order valence-corrected chi connectivity index (χ4v) is 2.71. The molecule has 130 valence electrons. The predicted molar refractivity (Wildman–Crippen MR) is 85.1 cm³/mol. The average Bonchev–Trinajstić information content (AvgIpc) is 3.25. The molecule has 25 heavy (non-hydrogen) atoms. The van der Waals surface area contributed by atoms with Gasteiger partial charge >= 0.3 is 6.18 Å². The van der Waals surface area contributed by atoms with Gasteiger partial charge in [-0.05, 0) is 35.7 Å². The third kappa shape index (κ3) is 4.24. The molecule has 0 radical (unpaired) electrons. The summed E-state index contributed by atoms with van der Waals surface area (Å²) in [5, 5.41) is 8.36. The molecule has 1 amide bonds. The number of hydrogen-bond acceptors (Lipinski definition) is 5. The second-order valence-corrected chi connectivity index (χ2v) is 6.02. The number of nitrogens with one attached hydrogen (secondary N) is 1. The minimum Gasteiger partial charge on any atom is -0.352 e. The number of thiophene rings is 1. The molecule has 0 aliphatic heterocycles. The Bertz CT molecular complexity index is 842. The quantitative estimate of drug-likeness (QED) is 0.745. The SMILES string of the molecule is O=C(NCCc1nc(-c2cccs2)no1)c1ccc(C(F)(F)F)cc1. The van der Waals surface area contributed by atoms with Crippen LogP contribution in [0.5, 0.6) is 0 Å². The number of aromatic nitrogens is 2. The molecule has 0 aliphatic carbocycles. The van der Waals surface area contributed by atoms with Crippen LogP contribution in [0.4, 0.5) is 13.2 Å². The van der Waals surface area contributed by atoms with Crippen LogP contribution >= 0.6 is 11.3 Å². The van der Waals surface area contributed by atoms with Gasteiger partial charge in [0.2, 0.25) is 11.7 Å². The van der Waals surface area contributed by atoms with Gasteiger partial charge in [-0.3, -0.25) is 4.79 Å². The Balaban J connectivity index is 1.53. The van der Waals surface area contributed by atoms with Crippen LogP contribution in [0.3, 0.4) is 0 Å². The topological polar surface area (TPSA) is 68.0 Å². The molecule has 2 heterocycles. The van der Waals surface area contributed by atoms with Crippen molar-refractivity contribution in [1.29, 1.82) is 0 Å². The second kappa shape index (κ2) is 7.06. The van der Waals surface area contributed by atoms with Gasteiger partial charge in [-0.1, -0.05) is 11.2 Å². The maximum atomic E-state index is 12.5. The number of alkyl halides is 3. The molecule has 0 saturated carbocycles. The highest BCUT2D eigenvalue weighted by Crippen LogP contribution is 2.29. The molecule has 1 N–H and O–H groups in total. The van der Waals surface area contributed by atoms with Gasteiger partial charge in [0, 0.05) is 18.5 Å². The molecule has 0 spiro atoms. The van der Waals surface area contributed by atoms with E-state index in [-0.39, 0.29) is 12.1 Å². The Kier molecular flexibility index (Phi) is 4.84. The second-order valence-electron chi connectivity index (χ2n) is 5.07. The normalized spacial score (nSPS) is 11.5. The number of hydrogen-bond donors (Lipinski definition) is 1. The number of halogens is 3. The fraction of sp³-hybridized carbons (Fsp3) is 0.188. The predicted octanol–water partition coefficient (Wildman–Crippen LogP) is 3.79. The van der Waals surface area contributed by atoms with Gasteiger partial charge in [0.05, 0.1) is 10.4 Å². The zero-order valence-electron chi connectivity index (χ0n) is 12.7. The van der Waals surface area contributed by atoms with Crippen LogP contribution in [0, 0.1) is 0 Å². The Hall–Kier alpha value is -2.68. The van der Waals surface area contributed by atoms with E-state index in [1.165, 1.54) is 11.3 Å². The van der Waals surface area contributed by atoms with Crippen molar-refractivity contribution in [3.63, 3.8) is 0 Å². The first-order valence-electron chi connectivity index (χ1n) is 7.25. The van der Waals surface area contributed by atoms with Crippen LogP contribution < -0.4 is 5.32 Å². The lowest BCUT2D eigenvalue weighted by Crippen LogP contribution is -2.25. The average molecular weight is 367 g/mol. The maximum Gasteiger partial charge on any atom is 0.416 e. The van der Waals surface area contributed by atoms with Crippen LogP contribution in [0.1, 0.15) is 21.8 Å². The first-order valence-corrected chi connectivity index (χ1v) is 8.13. The molecule has 3 aromatic rings. The largest absolute Gasteiger partial charge is 0.416 e. The summed E-state index contributed by atoms with van der Waals surface area (Å²) < 4.78 is 42.6. The Morgan fingerprint density at radius 3 is 2.60 bits per heavy atom. The fourth-order valence-electron chi connectivity index (χ4n) is 2.06. The van der Waals surface area contributed by atoms with Gasteiger partial charge in [0.25, 0.3) is 5.91 Å². The van der Waals surface area contributed by atoms with E-state index in [9.17, 15) is 18.0 Å². The zero-order valence-corrected chi connectivity index (χ0v) is 13.5. The third-order valence-electron chi connectivity index (χ3n) is 3.31. The number of carbonyl (C=O) groups is 1. The van der Waals surface area contributed by atoms with Crippen molar-refractivity contribution in [3.8, 4) is 10.7 Å². The summed E-state index contributed by atoms with van der Waals surface area (Å²) >= 11 is 1.48. The summed E-state index contributed by atoms with van der Waals surface area (Å²) in [6, 6.07) is 7.77. The van der Waals surface area contributed by atoms with Crippen LogP contribution in [-0.2, 0) is 12.6 Å². The standard InChI is InChI=1S/C16H12F3N3O2S/c17-16(18,19)11-5-3-10(4-6-11)15(23)20-8-7-13-21-14(22-24-13)12-2-1-9-25-12/h1-6,9H,7-8H2,(H,20,23). The molecular weight excluding hydrogens is 355 g/mol. The lowest BCUT2D eigenvalue weighted by Gasteiger charge is -2.07. The summed E-state index contributed by atoms with van der Waals surface area (Å²) in [5.74, 6) is 0.391. The molecule has 3 rings (SSSR count). The number of carbonyl (C=O) groups excluding carboxylic acids is 1. The van der Waals surface area contributed by atoms with Gasteiger partial charge in [-0.2, -0.15) is 18.2 Å². The van der Waals surface area contributed by atoms with Gasteiger partial charge < -0.3 is 9.84 Å². The number of amides is 1. The maximum absolute atomic E-state index is 12.5. The van der Waals surface area contributed by atoms with Gasteiger partial charge in [-0.25, -0.2) is 0 Å². The molecule has 0 atom stereocenters.